The second-order valence-electron chi connectivity index (χ2n) is 4.16. The van der Waals surface area contributed by atoms with E-state index in [1.165, 1.54) is 5.69 Å². The number of phenolic OH excluding ortho intramolecular Hbond substituents is 1. The highest BCUT2D eigenvalue weighted by Gasteiger charge is 2.24. The lowest BCUT2D eigenvalue weighted by atomic mass is 10.0. The first kappa shape index (κ1) is 8.80. The largest absolute Gasteiger partial charge is 0.506 e. The van der Waals surface area contributed by atoms with Crippen molar-refractivity contribution in [3.63, 3.8) is 0 Å². The van der Waals surface area contributed by atoms with E-state index in [2.05, 4.69) is 10.6 Å². The summed E-state index contributed by atoms with van der Waals surface area (Å²) in [6.07, 6.45) is 1.09. The molecule has 0 saturated carbocycles. The fourth-order valence-corrected chi connectivity index (χ4v) is 2.58. The van der Waals surface area contributed by atoms with E-state index in [1.54, 1.807) is 6.07 Å². The number of aromatic nitrogens is 1. The van der Waals surface area contributed by atoms with Crippen molar-refractivity contribution < 1.29 is 5.11 Å². The maximum atomic E-state index is 9.83. The molecule has 15 heavy (non-hydrogen) atoms. The summed E-state index contributed by atoms with van der Waals surface area (Å²) in [5.74, 6) is 0.827. The van der Waals surface area contributed by atoms with Gasteiger partial charge in [-0.05, 0) is 18.6 Å². The minimum Gasteiger partial charge on any atom is -0.506 e. The molecule has 3 nitrogen and oxygen atoms in total. The van der Waals surface area contributed by atoms with Crippen LogP contribution in [0.5, 0.6) is 5.75 Å². The van der Waals surface area contributed by atoms with E-state index < -0.39 is 0 Å². The molecule has 1 atom stereocenters. The van der Waals surface area contributed by atoms with Crippen molar-refractivity contribution in [3.8, 4) is 5.75 Å². The third-order valence-electron chi connectivity index (χ3n) is 3.33. The quantitative estimate of drug-likeness (QED) is 0.740. The Morgan fingerprint density at radius 1 is 1.47 bits per heavy atom. The highest BCUT2D eigenvalue weighted by atomic mass is 16.3. The molecule has 0 bridgehead atoms. The van der Waals surface area contributed by atoms with E-state index in [-0.39, 0.29) is 0 Å². The number of para-hydroxylation sites is 1. The van der Waals surface area contributed by atoms with Gasteiger partial charge in [-0.3, -0.25) is 0 Å². The van der Waals surface area contributed by atoms with Crippen molar-refractivity contribution in [1.82, 2.24) is 4.57 Å². The molecule has 1 unspecified atom stereocenters. The number of fused-ring (bicyclic) bond motifs is 3. The first-order chi connectivity index (χ1) is 7.31. The molecule has 0 spiro atoms. The number of aryl methyl sites for hydroxylation is 1. The minimum absolute atomic E-state index is 0.372. The third-order valence-corrected chi connectivity index (χ3v) is 3.33. The van der Waals surface area contributed by atoms with Gasteiger partial charge in [0.1, 0.15) is 5.75 Å². The lowest BCUT2D eigenvalue weighted by Gasteiger charge is -2.03. The Hall–Kier alpha value is -1.48. The van der Waals surface area contributed by atoms with Gasteiger partial charge in [-0.2, -0.15) is 0 Å². The summed E-state index contributed by atoms with van der Waals surface area (Å²) in [4.78, 5) is 0. The van der Waals surface area contributed by atoms with Crippen LogP contribution in [0.15, 0.2) is 24.3 Å². The summed E-state index contributed by atoms with van der Waals surface area (Å²) in [6, 6.07) is 7.81. The average molecular weight is 202 g/mol. The van der Waals surface area contributed by atoms with Crippen LogP contribution in [-0.4, -0.2) is 16.2 Å². The van der Waals surface area contributed by atoms with Crippen LogP contribution in [0, 0.1) is 0 Å². The van der Waals surface area contributed by atoms with Crippen LogP contribution >= 0.6 is 0 Å². The van der Waals surface area contributed by atoms with Crippen molar-refractivity contribution in [2.24, 2.45) is 5.73 Å². The second kappa shape index (κ2) is 3.00. The van der Waals surface area contributed by atoms with E-state index in [0.717, 1.165) is 23.9 Å². The Kier molecular flexibility index (Phi) is 1.76. The van der Waals surface area contributed by atoms with Gasteiger partial charge in [0.25, 0.3) is 0 Å². The van der Waals surface area contributed by atoms with Crippen LogP contribution in [0.2, 0.25) is 0 Å². The van der Waals surface area contributed by atoms with Crippen LogP contribution in [0.3, 0.4) is 0 Å². The van der Waals surface area contributed by atoms with Gasteiger partial charge < -0.3 is 15.4 Å². The van der Waals surface area contributed by atoms with Crippen molar-refractivity contribution in [3.05, 3.63) is 30.0 Å². The first-order valence-corrected chi connectivity index (χ1v) is 5.32. The highest BCUT2D eigenvalue weighted by molar-refractivity contribution is 5.87. The topological polar surface area (TPSA) is 51.2 Å². The zero-order chi connectivity index (χ0) is 10.4. The van der Waals surface area contributed by atoms with E-state index in [9.17, 15) is 5.11 Å². The van der Waals surface area contributed by atoms with E-state index in [0.29, 0.717) is 18.2 Å². The van der Waals surface area contributed by atoms with Gasteiger partial charge in [-0.25, -0.2) is 0 Å². The fourth-order valence-electron chi connectivity index (χ4n) is 2.58. The predicted molar refractivity (Wildman–Crippen MR) is 60.0 cm³/mol. The Morgan fingerprint density at radius 3 is 3.13 bits per heavy atom. The van der Waals surface area contributed by atoms with Crippen LogP contribution < -0.4 is 5.73 Å². The molecular weight excluding hydrogens is 188 g/mol. The smallest absolute Gasteiger partial charge is 0.139 e. The molecule has 0 fully saturated rings. The number of aromatic hydroxyl groups is 1. The van der Waals surface area contributed by atoms with Gasteiger partial charge in [0.05, 0.1) is 5.52 Å². The maximum absolute atomic E-state index is 9.83. The fraction of sp³-hybridized carbons (Fsp3) is 0.333. The molecule has 3 rings (SSSR count). The molecule has 1 aromatic carbocycles. The highest BCUT2D eigenvalue weighted by Crippen LogP contribution is 2.36. The number of rotatable bonds is 1. The number of nitrogens with two attached hydrogens (primary N) is 1. The summed E-state index contributed by atoms with van der Waals surface area (Å²) in [7, 11) is 0. The lowest BCUT2D eigenvalue weighted by Crippen LogP contribution is -2.08. The Morgan fingerprint density at radius 2 is 2.33 bits per heavy atom. The van der Waals surface area contributed by atoms with Crippen LogP contribution in [0.4, 0.5) is 0 Å². The maximum Gasteiger partial charge on any atom is 0.139 e. The Bertz CT molecular complexity index is 516. The zero-order valence-corrected chi connectivity index (χ0v) is 8.48. The minimum atomic E-state index is 0.372. The first-order valence-electron chi connectivity index (χ1n) is 5.32. The predicted octanol–water partition coefficient (Wildman–Crippen LogP) is 1.79. The standard InChI is InChI=1S/C12H14N2O/c13-7-9-4-5-14-10(9)6-8-2-1-3-11(15)12(8)14/h1-3,6,9,15H,4-5,7,13H2. The van der Waals surface area contributed by atoms with Crippen LogP contribution in [0.25, 0.3) is 10.9 Å². The molecule has 1 aromatic heterocycles. The number of benzene rings is 1. The number of phenols is 1. The van der Waals surface area contributed by atoms with Gasteiger partial charge in [0.15, 0.2) is 0 Å². The second-order valence-corrected chi connectivity index (χ2v) is 4.16. The molecule has 1 aliphatic rings. The summed E-state index contributed by atoms with van der Waals surface area (Å²) < 4.78 is 2.20. The van der Waals surface area contributed by atoms with Gasteiger partial charge >= 0.3 is 0 Å². The van der Waals surface area contributed by atoms with Gasteiger partial charge in [0, 0.05) is 30.1 Å². The van der Waals surface area contributed by atoms with Gasteiger partial charge in [0.2, 0.25) is 0 Å². The van der Waals surface area contributed by atoms with E-state index in [1.807, 2.05) is 12.1 Å². The summed E-state index contributed by atoms with van der Waals surface area (Å²) >= 11 is 0. The molecular formula is C12H14N2O. The van der Waals surface area contributed by atoms with Crippen molar-refractivity contribution in [2.45, 2.75) is 18.9 Å². The average Bonchev–Trinajstić information content (AvgIpc) is 2.75. The Labute approximate surface area is 88.1 Å². The van der Waals surface area contributed by atoms with Crippen LogP contribution in [0.1, 0.15) is 18.0 Å². The van der Waals surface area contributed by atoms with Crippen LogP contribution in [-0.2, 0) is 6.54 Å². The molecule has 0 radical (unpaired) electrons. The Balaban J connectivity index is 2.31. The molecule has 2 heterocycles. The number of nitrogens with zero attached hydrogens (tertiary/aromatic N) is 1. The lowest BCUT2D eigenvalue weighted by molar-refractivity contribution is 0.478. The van der Waals surface area contributed by atoms with Gasteiger partial charge in [-0.1, -0.05) is 12.1 Å². The zero-order valence-electron chi connectivity index (χ0n) is 8.48. The molecule has 0 saturated heterocycles. The molecule has 3 heteroatoms. The van der Waals surface area contributed by atoms with E-state index >= 15 is 0 Å². The molecule has 0 aliphatic carbocycles. The summed E-state index contributed by atoms with van der Waals surface area (Å²) in [5, 5.41) is 10.9. The van der Waals surface area contributed by atoms with Crippen molar-refractivity contribution in [1.29, 1.82) is 0 Å². The summed E-state index contributed by atoms with van der Waals surface area (Å²) in [6.45, 7) is 1.66. The molecule has 1 aliphatic heterocycles. The summed E-state index contributed by atoms with van der Waals surface area (Å²) in [5.41, 5.74) is 7.97. The molecule has 0 amide bonds. The third kappa shape index (κ3) is 1.10. The number of hydrogen-bond donors (Lipinski definition) is 2. The van der Waals surface area contributed by atoms with Gasteiger partial charge in [-0.15, -0.1) is 0 Å². The van der Waals surface area contributed by atoms with E-state index in [4.69, 9.17) is 5.73 Å². The molecule has 3 N–H and O–H groups in total. The molecule has 78 valence electrons. The normalized spacial score (nSPS) is 19.7. The monoisotopic (exact) mass is 202 g/mol. The number of hydrogen-bond acceptors (Lipinski definition) is 2. The molecule has 2 aromatic rings. The van der Waals surface area contributed by atoms with Crippen molar-refractivity contribution in [2.75, 3.05) is 6.54 Å². The van der Waals surface area contributed by atoms with Crippen molar-refractivity contribution >= 4 is 10.9 Å². The SMILES string of the molecule is NCC1CCn2c1cc1cccc(O)c12.